The number of ether oxygens (including phenoxy) is 1. The average molecular weight is 323 g/mol. The van der Waals surface area contributed by atoms with Gasteiger partial charge in [-0.2, -0.15) is 0 Å². The number of carbonyl (C=O) groups is 1. The van der Waals surface area contributed by atoms with Crippen molar-refractivity contribution in [3.63, 3.8) is 0 Å². The zero-order valence-electron chi connectivity index (χ0n) is 12.5. The molecule has 0 spiro atoms. The minimum Gasteiger partial charge on any atom is -0.455 e. The molecule has 0 radical (unpaired) electrons. The molecule has 6 nitrogen and oxygen atoms in total. The van der Waals surface area contributed by atoms with Gasteiger partial charge in [-0.05, 0) is 29.8 Å². The molecular weight excluding hydrogens is 310 g/mol. The van der Waals surface area contributed by atoms with E-state index in [1.807, 2.05) is 30.3 Å². The van der Waals surface area contributed by atoms with E-state index in [0.717, 1.165) is 5.56 Å². The normalized spacial score (nSPS) is 10.3. The third kappa shape index (κ3) is 3.49. The molecule has 0 amide bonds. The highest BCUT2D eigenvalue weighted by Crippen LogP contribution is 2.25. The summed E-state index contributed by atoms with van der Waals surface area (Å²) in [5.41, 5.74) is 1.52. The SMILES string of the molecule is O=C(OCc1ccccc1)c1ccc(-c2ccc([N+](=O)[O-])cc2)o1. The first-order chi connectivity index (χ1) is 11.6. The van der Waals surface area contributed by atoms with Crippen LogP contribution in [-0.4, -0.2) is 10.9 Å². The van der Waals surface area contributed by atoms with Gasteiger partial charge >= 0.3 is 5.97 Å². The van der Waals surface area contributed by atoms with E-state index in [9.17, 15) is 14.9 Å². The molecule has 0 bridgehead atoms. The van der Waals surface area contributed by atoms with Crippen molar-refractivity contribution in [3.05, 3.63) is 88.2 Å². The highest BCUT2D eigenvalue weighted by Gasteiger charge is 2.14. The number of nitro groups is 1. The van der Waals surface area contributed by atoms with Gasteiger partial charge in [0.25, 0.3) is 5.69 Å². The van der Waals surface area contributed by atoms with Crippen LogP contribution in [0.5, 0.6) is 0 Å². The largest absolute Gasteiger partial charge is 0.455 e. The minimum absolute atomic E-state index is 0.00667. The van der Waals surface area contributed by atoms with Crippen molar-refractivity contribution >= 4 is 11.7 Å². The quantitative estimate of drug-likeness (QED) is 0.399. The molecule has 0 saturated carbocycles. The molecule has 0 unspecified atom stereocenters. The molecule has 0 saturated heterocycles. The number of hydrogen-bond donors (Lipinski definition) is 0. The van der Waals surface area contributed by atoms with Crippen LogP contribution in [0.25, 0.3) is 11.3 Å². The molecule has 0 aliphatic rings. The summed E-state index contributed by atoms with van der Waals surface area (Å²) in [5.74, 6) is -0.0390. The summed E-state index contributed by atoms with van der Waals surface area (Å²) in [5, 5.41) is 10.7. The number of rotatable bonds is 5. The number of nitro benzene ring substituents is 1. The van der Waals surface area contributed by atoms with Crippen LogP contribution in [0.3, 0.4) is 0 Å². The molecule has 2 aromatic carbocycles. The number of hydrogen-bond acceptors (Lipinski definition) is 5. The Morgan fingerprint density at radius 3 is 2.38 bits per heavy atom. The highest BCUT2D eigenvalue weighted by molar-refractivity contribution is 5.87. The number of nitrogens with zero attached hydrogens (tertiary/aromatic N) is 1. The van der Waals surface area contributed by atoms with Crippen molar-refractivity contribution in [1.29, 1.82) is 0 Å². The summed E-state index contributed by atoms with van der Waals surface area (Å²) in [6, 6.07) is 18.4. The van der Waals surface area contributed by atoms with Gasteiger partial charge in [-0.15, -0.1) is 0 Å². The van der Waals surface area contributed by atoms with Crippen LogP contribution in [0.2, 0.25) is 0 Å². The van der Waals surface area contributed by atoms with Crippen molar-refractivity contribution in [2.45, 2.75) is 6.61 Å². The van der Waals surface area contributed by atoms with Crippen molar-refractivity contribution in [2.75, 3.05) is 0 Å². The Labute approximate surface area is 137 Å². The van der Waals surface area contributed by atoms with Gasteiger partial charge in [0, 0.05) is 17.7 Å². The fourth-order valence-corrected chi connectivity index (χ4v) is 2.14. The zero-order valence-corrected chi connectivity index (χ0v) is 12.5. The monoisotopic (exact) mass is 323 g/mol. The Hall–Kier alpha value is -3.41. The number of non-ortho nitro benzene ring substituents is 1. The van der Waals surface area contributed by atoms with Gasteiger partial charge in [-0.1, -0.05) is 30.3 Å². The maximum absolute atomic E-state index is 12.0. The number of benzene rings is 2. The van der Waals surface area contributed by atoms with Crippen molar-refractivity contribution in [3.8, 4) is 11.3 Å². The lowest BCUT2D eigenvalue weighted by atomic mass is 10.1. The number of carbonyl (C=O) groups excluding carboxylic acids is 1. The fraction of sp³-hybridized carbons (Fsp3) is 0.0556. The summed E-state index contributed by atoms with van der Waals surface area (Å²) >= 11 is 0. The van der Waals surface area contributed by atoms with Crippen molar-refractivity contribution in [1.82, 2.24) is 0 Å². The topological polar surface area (TPSA) is 82.6 Å². The summed E-state index contributed by atoms with van der Waals surface area (Å²) in [4.78, 5) is 22.2. The fourth-order valence-electron chi connectivity index (χ4n) is 2.14. The van der Waals surface area contributed by atoms with E-state index in [0.29, 0.717) is 11.3 Å². The first-order valence-corrected chi connectivity index (χ1v) is 7.19. The van der Waals surface area contributed by atoms with Crippen molar-refractivity contribution < 1.29 is 18.9 Å². The van der Waals surface area contributed by atoms with E-state index in [-0.39, 0.29) is 18.1 Å². The van der Waals surface area contributed by atoms with Gasteiger partial charge in [0.15, 0.2) is 0 Å². The van der Waals surface area contributed by atoms with E-state index in [1.54, 1.807) is 18.2 Å². The molecule has 1 heterocycles. The molecule has 0 atom stereocenters. The number of esters is 1. The minimum atomic E-state index is -0.563. The van der Waals surface area contributed by atoms with E-state index in [1.165, 1.54) is 18.2 Å². The van der Waals surface area contributed by atoms with Crippen LogP contribution in [0.4, 0.5) is 5.69 Å². The second-order valence-electron chi connectivity index (χ2n) is 5.03. The molecular formula is C18H13NO5. The van der Waals surface area contributed by atoms with Gasteiger partial charge in [-0.3, -0.25) is 10.1 Å². The molecule has 0 N–H and O–H groups in total. The molecule has 3 rings (SSSR count). The maximum atomic E-state index is 12.0. The Morgan fingerprint density at radius 1 is 1.00 bits per heavy atom. The van der Waals surface area contributed by atoms with Crippen LogP contribution in [0, 0.1) is 10.1 Å². The second kappa shape index (κ2) is 6.78. The molecule has 120 valence electrons. The van der Waals surface area contributed by atoms with Gasteiger partial charge < -0.3 is 9.15 Å². The Balaban J connectivity index is 1.68. The standard InChI is InChI=1S/C18H13NO5/c20-18(23-12-13-4-2-1-3-5-13)17-11-10-16(24-17)14-6-8-15(9-7-14)19(21)22/h1-11H,12H2. The number of furan rings is 1. The van der Waals surface area contributed by atoms with Crippen LogP contribution in [0.15, 0.2) is 71.1 Å². The van der Waals surface area contributed by atoms with E-state index < -0.39 is 10.9 Å². The van der Waals surface area contributed by atoms with E-state index in [2.05, 4.69) is 0 Å². The Morgan fingerprint density at radius 2 is 1.71 bits per heavy atom. The van der Waals surface area contributed by atoms with Crippen LogP contribution < -0.4 is 0 Å². The first kappa shape index (κ1) is 15.5. The van der Waals surface area contributed by atoms with Gasteiger partial charge in [-0.25, -0.2) is 4.79 Å². The third-order valence-corrected chi connectivity index (χ3v) is 3.38. The average Bonchev–Trinajstić information content (AvgIpc) is 3.11. The lowest BCUT2D eigenvalue weighted by Gasteiger charge is -2.02. The van der Waals surface area contributed by atoms with Crippen LogP contribution in [0.1, 0.15) is 16.1 Å². The molecule has 0 fully saturated rings. The molecule has 6 heteroatoms. The third-order valence-electron chi connectivity index (χ3n) is 3.38. The van der Waals surface area contributed by atoms with Gasteiger partial charge in [0.2, 0.25) is 5.76 Å². The first-order valence-electron chi connectivity index (χ1n) is 7.19. The van der Waals surface area contributed by atoms with E-state index in [4.69, 9.17) is 9.15 Å². The lowest BCUT2D eigenvalue weighted by molar-refractivity contribution is -0.384. The molecule has 0 aliphatic heterocycles. The Bertz CT molecular complexity index is 853. The molecule has 24 heavy (non-hydrogen) atoms. The highest BCUT2D eigenvalue weighted by atomic mass is 16.6. The Kier molecular flexibility index (Phi) is 4.38. The molecule has 0 aliphatic carbocycles. The summed E-state index contributed by atoms with van der Waals surface area (Å²) in [6.07, 6.45) is 0. The summed E-state index contributed by atoms with van der Waals surface area (Å²) in [7, 11) is 0. The summed E-state index contributed by atoms with van der Waals surface area (Å²) < 4.78 is 10.7. The molecule has 3 aromatic rings. The predicted octanol–water partition coefficient (Wildman–Crippen LogP) is 4.21. The van der Waals surface area contributed by atoms with Crippen LogP contribution >= 0.6 is 0 Å². The summed E-state index contributed by atoms with van der Waals surface area (Å²) in [6.45, 7) is 0.160. The van der Waals surface area contributed by atoms with Crippen molar-refractivity contribution in [2.24, 2.45) is 0 Å². The zero-order chi connectivity index (χ0) is 16.9. The van der Waals surface area contributed by atoms with E-state index >= 15 is 0 Å². The van der Waals surface area contributed by atoms with Gasteiger partial charge in [0.05, 0.1) is 4.92 Å². The molecule has 1 aromatic heterocycles. The maximum Gasteiger partial charge on any atom is 0.374 e. The lowest BCUT2D eigenvalue weighted by Crippen LogP contribution is -2.03. The smallest absolute Gasteiger partial charge is 0.374 e. The van der Waals surface area contributed by atoms with Gasteiger partial charge in [0.1, 0.15) is 12.4 Å². The van der Waals surface area contributed by atoms with Crippen LogP contribution in [-0.2, 0) is 11.3 Å². The predicted molar refractivity (Wildman–Crippen MR) is 86.4 cm³/mol. The second-order valence-corrected chi connectivity index (χ2v) is 5.03.